The third-order valence-corrected chi connectivity index (χ3v) is 5.00. The Bertz CT molecular complexity index is 731. The van der Waals surface area contributed by atoms with Gasteiger partial charge in [0.2, 0.25) is 0 Å². The van der Waals surface area contributed by atoms with Gasteiger partial charge in [0.1, 0.15) is 0 Å². The molecule has 0 unspecified atom stereocenters. The first-order valence-corrected chi connectivity index (χ1v) is 7.83. The van der Waals surface area contributed by atoms with Gasteiger partial charge in [0.05, 0.1) is 5.69 Å². The third-order valence-electron chi connectivity index (χ3n) is 3.24. The van der Waals surface area contributed by atoms with Gasteiger partial charge in [-0.25, -0.2) is 13.4 Å². The third kappa shape index (κ3) is 3.21. The number of sulfonamides is 1. The summed E-state index contributed by atoms with van der Waals surface area (Å²) >= 11 is 0. The lowest BCUT2D eigenvalue weighted by Gasteiger charge is -2.19. The molecule has 1 aromatic carbocycles. The summed E-state index contributed by atoms with van der Waals surface area (Å²) in [5, 5.41) is -0.0800. The zero-order valence-electron chi connectivity index (χ0n) is 11.9. The molecule has 0 amide bonds. The Balaban J connectivity index is 2.33. The number of nitrogens with one attached hydrogen (secondary N) is 1. The van der Waals surface area contributed by atoms with Crippen LogP contribution in [0.15, 0.2) is 47.6 Å². The SMILES string of the molecule is Cc1ccccc1CN(C)S(=O)(=O)c1ncccc1NN. The van der Waals surface area contributed by atoms with Gasteiger partial charge < -0.3 is 5.43 Å². The van der Waals surface area contributed by atoms with Gasteiger partial charge in [0.25, 0.3) is 10.0 Å². The fraction of sp³-hybridized carbons (Fsp3) is 0.214. The number of nitrogens with zero attached hydrogens (tertiary/aromatic N) is 2. The van der Waals surface area contributed by atoms with Crippen LogP contribution in [0.5, 0.6) is 0 Å². The van der Waals surface area contributed by atoms with E-state index < -0.39 is 10.0 Å². The zero-order chi connectivity index (χ0) is 15.5. The maximum absolute atomic E-state index is 12.6. The van der Waals surface area contributed by atoms with Gasteiger partial charge in [-0.2, -0.15) is 4.31 Å². The second-order valence-corrected chi connectivity index (χ2v) is 6.65. The Labute approximate surface area is 124 Å². The van der Waals surface area contributed by atoms with Crippen molar-refractivity contribution in [3.8, 4) is 0 Å². The first-order chi connectivity index (χ1) is 9.96. The maximum atomic E-state index is 12.6. The number of rotatable bonds is 5. The van der Waals surface area contributed by atoms with E-state index in [-0.39, 0.29) is 17.3 Å². The average Bonchev–Trinajstić information content (AvgIpc) is 2.49. The van der Waals surface area contributed by atoms with Crippen molar-refractivity contribution in [1.29, 1.82) is 0 Å². The molecule has 1 heterocycles. The first-order valence-electron chi connectivity index (χ1n) is 6.39. The molecule has 0 saturated carbocycles. The lowest BCUT2D eigenvalue weighted by Crippen LogP contribution is -2.28. The summed E-state index contributed by atoms with van der Waals surface area (Å²) in [5.74, 6) is 5.35. The minimum absolute atomic E-state index is 0.0800. The number of aromatic nitrogens is 1. The van der Waals surface area contributed by atoms with Crippen molar-refractivity contribution in [3.63, 3.8) is 0 Å². The number of anilines is 1. The quantitative estimate of drug-likeness (QED) is 0.645. The molecule has 0 aliphatic rings. The van der Waals surface area contributed by atoms with Crippen LogP contribution in [0.1, 0.15) is 11.1 Å². The van der Waals surface area contributed by atoms with Crippen LogP contribution in [-0.2, 0) is 16.6 Å². The second kappa shape index (κ2) is 6.21. The van der Waals surface area contributed by atoms with E-state index in [0.717, 1.165) is 11.1 Å². The van der Waals surface area contributed by atoms with Gasteiger partial charge in [0, 0.05) is 19.8 Å². The lowest BCUT2D eigenvalue weighted by atomic mass is 10.1. The van der Waals surface area contributed by atoms with Crippen molar-refractivity contribution >= 4 is 15.7 Å². The Morgan fingerprint density at radius 1 is 1.24 bits per heavy atom. The highest BCUT2D eigenvalue weighted by Crippen LogP contribution is 2.22. The highest BCUT2D eigenvalue weighted by molar-refractivity contribution is 7.89. The Kier molecular flexibility index (Phi) is 4.56. The number of aryl methyl sites for hydroxylation is 1. The molecule has 0 atom stereocenters. The van der Waals surface area contributed by atoms with Crippen LogP contribution in [0.25, 0.3) is 0 Å². The van der Waals surface area contributed by atoms with E-state index in [1.54, 1.807) is 12.1 Å². The first kappa shape index (κ1) is 15.4. The van der Waals surface area contributed by atoms with E-state index in [2.05, 4.69) is 10.4 Å². The van der Waals surface area contributed by atoms with Crippen molar-refractivity contribution in [3.05, 3.63) is 53.7 Å². The van der Waals surface area contributed by atoms with Gasteiger partial charge in [-0.05, 0) is 30.2 Å². The van der Waals surface area contributed by atoms with Crippen LogP contribution in [0.4, 0.5) is 5.69 Å². The zero-order valence-corrected chi connectivity index (χ0v) is 12.8. The fourth-order valence-corrected chi connectivity index (χ4v) is 3.17. The molecule has 7 heteroatoms. The van der Waals surface area contributed by atoms with Crippen LogP contribution < -0.4 is 11.3 Å². The Hall–Kier alpha value is -1.96. The number of nitrogens with two attached hydrogens (primary N) is 1. The highest BCUT2D eigenvalue weighted by atomic mass is 32.2. The van der Waals surface area contributed by atoms with E-state index in [4.69, 9.17) is 5.84 Å². The Morgan fingerprint density at radius 2 is 1.95 bits per heavy atom. The molecule has 0 radical (unpaired) electrons. The molecule has 0 saturated heterocycles. The van der Waals surface area contributed by atoms with Crippen molar-refractivity contribution in [2.24, 2.45) is 5.84 Å². The normalized spacial score (nSPS) is 11.6. The maximum Gasteiger partial charge on any atom is 0.262 e. The number of benzene rings is 1. The molecule has 3 N–H and O–H groups in total. The van der Waals surface area contributed by atoms with Crippen LogP contribution in [0.2, 0.25) is 0 Å². The molecule has 21 heavy (non-hydrogen) atoms. The van der Waals surface area contributed by atoms with E-state index in [0.29, 0.717) is 0 Å². The van der Waals surface area contributed by atoms with Gasteiger partial charge in [-0.15, -0.1) is 0 Å². The van der Waals surface area contributed by atoms with E-state index in [1.165, 1.54) is 17.5 Å². The summed E-state index contributed by atoms with van der Waals surface area (Å²) in [7, 11) is -2.19. The van der Waals surface area contributed by atoms with Crippen molar-refractivity contribution < 1.29 is 8.42 Å². The van der Waals surface area contributed by atoms with Crippen LogP contribution >= 0.6 is 0 Å². The van der Waals surface area contributed by atoms with Crippen LogP contribution in [0, 0.1) is 6.92 Å². The van der Waals surface area contributed by atoms with E-state index in [1.807, 2.05) is 31.2 Å². The molecule has 2 rings (SSSR count). The molecule has 1 aromatic heterocycles. The minimum Gasteiger partial charge on any atom is -0.321 e. The van der Waals surface area contributed by atoms with E-state index >= 15 is 0 Å². The minimum atomic E-state index is -3.72. The van der Waals surface area contributed by atoms with Gasteiger partial charge >= 0.3 is 0 Å². The summed E-state index contributed by atoms with van der Waals surface area (Å²) in [6, 6.07) is 10.8. The molecular formula is C14H18N4O2S. The number of nitrogen functional groups attached to an aromatic ring is 1. The summed E-state index contributed by atoms with van der Waals surface area (Å²) in [4.78, 5) is 3.93. The summed E-state index contributed by atoms with van der Waals surface area (Å²) < 4.78 is 26.5. The molecule has 112 valence electrons. The van der Waals surface area contributed by atoms with Crippen molar-refractivity contribution in [2.45, 2.75) is 18.5 Å². The molecule has 0 aliphatic carbocycles. The summed E-state index contributed by atoms with van der Waals surface area (Å²) in [6.07, 6.45) is 1.43. The number of pyridine rings is 1. The molecule has 0 spiro atoms. The number of hydrogen-bond donors (Lipinski definition) is 2. The van der Waals surface area contributed by atoms with Gasteiger partial charge in [-0.1, -0.05) is 24.3 Å². The lowest BCUT2D eigenvalue weighted by molar-refractivity contribution is 0.463. The number of hydrazine groups is 1. The van der Waals surface area contributed by atoms with Crippen molar-refractivity contribution in [1.82, 2.24) is 9.29 Å². The smallest absolute Gasteiger partial charge is 0.262 e. The molecule has 0 aliphatic heterocycles. The van der Waals surface area contributed by atoms with Gasteiger partial charge in [0.15, 0.2) is 5.03 Å². The van der Waals surface area contributed by atoms with Crippen molar-refractivity contribution in [2.75, 3.05) is 12.5 Å². The summed E-state index contributed by atoms with van der Waals surface area (Å²) in [6.45, 7) is 2.22. The van der Waals surface area contributed by atoms with E-state index in [9.17, 15) is 8.42 Å². The molecule has 0 bridgehead atoms. The fourth-order valence-electron chi connectivity index (χ4n) is 1.97. The average molecular weight is 306 g/mol. The molecule has 0 fully saturated rings. The van der Waals surface area contributed by atoms with Gasteiger partial charge in [-0.3, -0.25) is 5.84 Å². The number of hydrogen-bond acceptors (Lipinski definition) is 5. The standard InChI is InChI=1S/C14H18N4O2S/c1-11-6-3-4-7-12(11)10-18(2)21(19,20)14-13(17-15)8-5-9-16-14/h3-9,17H,10,15H2,1-2H3. The second-order valence-electron chi connectivity index (χ2n) is 4.69. The van der Waals surface area contributed by atoms with Crippen LogP contribution in [-0.4, -0.2) is 24.8 Å². The molecule has 6 nitrogen and oxygen atoms in total. The predicted octanol–water partition coefficient (Wildman–Crippen LogP) is 1.50. The monoisotopic (exact) mass is 306 g/mol. The Morgan fingerprint density at radius 3 is 2.62 bits per heavy atom. The summed E-state index contributed by atoms with van der Waals surface area (Å²) in [5.41, 5.74) is 4.62. The molecule has 2 aromatic rings. The topological polar surface area (TPSA) is 88.3 Å². The largest absolute Gasteiger partial charge is 0.321 e. The van der Waals surface area contributed by atoms with Crippen LogP contribution in [0.3, 0.4) is 0 Å². The predicted molar refractivity (Wildman–Crippen MR) is 81.9 cm³/mol. The molecular weight excluding hydrogens is 288 g/mol. The highest BCUT2D eigenvalue weighted by Gasteiger charge is 2.25.